The zero-order valence-electron chi connectivity index (χ0n) is 14.4. The van der Waals surface area contributed by atoms with Crippen molar-refractivity contribution >= 4 is 34.5 Å². The first-order chi connectivity index (χ1) is 12.8. The maximum Gasteiger partial charge on any atom is 0.209 e. The quantitative estimate of drug-likeness (QED) is 0.595. The van der Waals surface area contributed by atoms with Crippen LogP contribution < -0.4 is 10.6 Å². The molecule has 3 N–H and O–H groups in total. The van der Waals surface area contributed by atoms with Gasteiger partial charge in [0, 0.05) is 27.9 Å². The molecule has 1 aromatic carbocycles. The smallest absolute Gasteiger partial charge is 0.209 e. The van der Waals surface area contributed by atoms with Crippen LogP contribution in [-0.2, 0) is 6.61 Å². The number of hydrogen-bond acceptors (Lipinski definition) is 7. The number of thiazole rings is 1. The van der Waals surface area contributed by atoms with E-state index in [1.807, 2.05) is 29.6 Å². The van der Waals surface area contributed by atoms with Gasteiger partial charge in [-0.05, 0) is 49.5 Å². The van der Waals surface area contributed by atoms with E-state index in [9.17, 15) is 5.11 Å². The molecule has 0 bridgehead atoms. The molecule has 0 atom stereocenters. The topological polar surface area (TPSA) is 69.5 Å². The van der Waals surface area contributed by atoms with Crippen LogP contribution in [0.25, 0.3) is 21.7 Å². The summed E-state index contributed by atoms with van der Waals surface area (Å²) in [5, 5.41) is 20.3. The average molecular weight is 387 g/mol. The zero-order chi connectivity index (χ0) is 18.2. The van der Waals surface area contributed by atoms with E-state index in [1.54, 1.807) is 11.3 Å². The number of aliphatic hydroxyl groups excluding tert-OH is 1. The minimum atomic E-state index is 0.0620. The molecular weight excluding hydrogens is 364 g/mol. The van der Waals surface area contributed by atoms with Gasteiger partial charge in [-0.25, -0.2) is 9.98 Å². The Bertz CT molecular complexity index is 828. The number of benzene rings is 1. The lowest BCUT2D eigenvalue weighted by Crippen LogP contribution is -2.37. The highest BCUT2D eigenvalue weighted by atomic mass is 32.1. The molecule has 1 aliphatic heterocycles. The molecule has 136 valence electrons. The van der Waals surface area contributed by atoms with Crippen LogP contribution in [0, 0.1) is 0 Å². The number of nitrogens with zero attached hydrogens (tertiary/aromatic N) is 2. The summed E-state index contributed by atoms with van der Waals surface area (Å²) in [5.41, 5.74) is 4.05. The minimum absolute atomic E-state index is 0.0620. The number of aromatic nitrogens is 1. The molecule has 0 spiro atoms. The molecule has 1 saturated heterocycles. The third kappa shape index (κ3) is 5.06. The van der Waals surface area contributed by atoms with Crippen LogP contribution in [-0.4, -0.2) is 36.6 Å². The van der Waals surface area contributed by atoms with E-state index in [1.165, 1.54) is 30.8 Å². The van der Waals surface area contributed by atoms with Crippen LogP contribution in [0.3, 0.4) is 0 Å². The molecule has 0 saturated carbocycles. The van der Waals surface area contributed by atoms with E-state index in [4.69, 9.17) is 0 Å². The van der Waals surface area contributed by atoms with Crippen molar-refractivity contribution in [2.45, 2.75) is 13.0 Å². The fourth-order valence-electron chi connectivity index (χ4n) is 2.52. The van der Waals surface area contributed by atoms with Crippen LogP contribution in [0.5, 0.6) is 0 Å². The summed E-state index contributed by atoms with van der Waals surface area (Å²) < 4.78 is 0. The Morgan fingerprint density at radius 3 is 2.58 bits per heavy atom. The normalized spacial score (nSPS) is 13.7. The Balaban J connectivity index is 0.000000278. The van der Waals surface area contributed by atoms with Crippen molar-refractivity contribution in [1.82, 2.24) is 15.6 Å². The third-order valence-corrected chi connectivity index (χ3v) is 5.63. The molecule has 3 heterocycles. The van der Waals surface area contributed by atoms with Crippen molar-refractivity contribution in [3.8, 4) is 21.7 Å². The van der Waals surface area contributed by atoms with E-state index in [0.29, 0.717) is 5.13 Å². The lowest BCUT2D eigenvalue weighted by Gasteiger charge is -2.11. The Kier molecular flexibility index (Phi) is 7.04. The van der Waals surface area contributed by atoms with Crippen molar-refractivity contribution in [1.29, 1.82) is 0 Å². The Hall–Kier alpha value is -1.90. The van der Waals surface area contributed by atoms with Gasteiger partial charge in [-0.1, -0.05) is 18.2 Å². The highest BCUT2D eigenvalue weighted by Gasteiger charge is 2.08. The number of aliphatic imine (C=N–C) groups is 1. The van der Waals surface area contributed by atoms with Crippen molar-refractivity contribution in [3.05, 3.63) is 46.7 Å². The van der Waals surface area contributed by atoms with Crippen LogP contribution >= 0.6 is 22.7 Å². The second-order valence-corrected chi connectivity index (χ2v) is 7.51. The number of hydrogen-bond donors (Lipinski definition) is 3. The number of aliphatic hydroxyl groups is 1. The van der Waals surface area contributed by atoms with Crippen LogP contribution in [0.2, 0.25) is 0 Å². The molecule has 1 aliphatic rings. The number of rotatable bonds is 4. The summed E-state index contributed by atoms with van der Waals surface area (Å²) in [6.07, 6.45) is 1.28. The molecule has 4 rings (SSSR count). The predicted octanol–water partition coefficient (Wildman–Crippen LogP) is 3.89. The molecule has 26 heavy (non-hydrogen) atoms. The number of nitrogens with one attached hydrogen (secondary N) is 2. The highest BCUT2D eigenvalue weighted by Crippen LogP contribution is 2.34. The van der Waals surface area contributed by atoms with Gasteiger partial charge in [-0.3, -0.25) is 0 Å². The SMILES string of the molecule is C1CNCNC1.C=Nc1nc(-c2csc(-c3cccc(CO)c3)c2)cs1. The standard InChI is InChI=1S/C15H12N2OS2.C4H10N2/c1-16-15-17-13(9-20-15)12-6-14(19-8-12)11-4-2-3-10(5-11)7-18;1-2-5-4-6-3-1/h2-6,8-9,18H,1,7H2;5-6H,1-4H2. The molecule has 3 aromatic rings. The predicted molar refractivity (Wildman–Crippen MR) is 111 cm³/mol. The summed E-state index contributed by atoms with van der Waals surface area (Å²) in [6, 6.07) is 10.0. The van der Waals surface area contributed by atoms with Gasteiger partial charge in [0.05, 0.1) is 12.3 Å². The van der Waals surface area contributed by atoms with Gasteiger partial charge < -0.3 is 15.7 Å². The maximum atomic E-state index is 9.20. The minimum Gasteiger partial charge on any atom is -0.392 e. The second-order valence-electron chi connectivity index (χ2n) is 5.76. The van der Waals surface area contributed by atoms with Crippen molar-refractivity contribution in [3.63, 3.8) is 0 Å². The van der Waals surface area contributed by atoms with Gasteiger partial charge in [0.15, 0.2) is 0 Å². The summed E-state index contributed by atoms with van der Waals surface area (Å²) in [5.74, 6) is 0. The van der Waals surface area contributed by atoms with E-state index in [-0.39, 0.29) is 6.61 Å². The molecule has 0 unspecified atom stereocenters. The Morgan fingerprint density at radius 2 is 1.96 bits per heavy atom. The first kappa shape index (κ1) is 18.9. The largest absolute Gasteiger partial charge is 0.392 e. The van der Waals surface area contributed by atoms with E-state index >= 15 is 0 Å². The van der Waals surface area contributed by atoms with Crippen molar-refractivity contribution in [2.24, 2.45) is 4.99 Å². The molecule has 2 aromatic heterocycles. The Morgan fingerprint density at radius 1 is 1.12 bits per heavy atom. The monoisotopic (exact) mass is 386 g/mol. The molecule has 0 amide bonds. The number of thiophene rings is 1. The summed E-state index contributed by atoms with van der Waals surface area (Å²) in [4.78, 5) is 9.40. The van der Waals surface area contributed by atoms with Crippen LogP contribution in [0.15, 0.2) is 46.1 Å². The first-order valence-electron chi connectivity index (χ1n) is 8.43. The lowest BCUT2D eigenvalue weighted by molar-refractivity contribution is 0.282. The van der Waals surface area contributed by atoms with E-state index < -0.39 is 0 Å². The second kappa shape index (κ2) is 9.70. The van der Waals surface area contributed by atoms with Gasteiger partial charge in [0.25, 0.3) is 0 Å². The lowest BCUT2D eigenvalue weighted by atomic mass is 10.1. The van der Waals surface area contributed by atoms with Gasteiger partial charge in [-0.2, -0.15) is 0 Å². The highest BCUT2D eigenvalue weighted by molar-refractivity contribution is 7.14. The van der Waals surface area contributed by atoms with Gasteiger partial charge >= 0.3 is 0 Å². The maximum absolute atomic E-state index is 9.20. The summed E-state index contributed by atoms with van der Waals surface area (Å²) in [7, 11) is 0. The zero-order valence-corrected chi connectivity index (χ0v) is 16.1. The molecule has 1 fully saturated rings. The average Bonchev–Trinajstić information content (AvgIpc) is 3.39. The first-order valence-corrected chi connectivity index (χ1v) is 10.2. The summed E-state index contributed by atoms with van der Waals surface area (Å²) in [6.45, 7) is 6.92. The Labute approximate surface area is 161 Å². The van der Waals surface area contributed by atoms with Gasteiger partial charge in [0.2, 0.25) is 5.13 Å². The fraction of sp³-hybridized carbons (Fsp3) is 0.263. The fourth-order valence-corrected chi connectivity index (χ4v) is 4.05. The molecule has 7 heteroatoms. The van der Waals surface area contributed by atoms with E-state index in [0.717, 1.165) is 33.9 Å². The summed E-state index contributed by atoms with van der Waals surface area (Å²) >= 11 is 3.16. The van der Waals surface area contributed by atoms with Gasteiger partial charge in [0.1, 0.15) is 0 Å². The van der Waals surface area contributed by atoms with Crippen molar-refractivity contribution < 1.29 is 5.11 Å². The van der Waals surface area contributed by atoms with Crippen LogP contribution in [0.4, 0.5) is 5.13 Å². The third-order valence-electron chi connectivity index (χ3n) is 3.87. The molecule has 5 nitrogen and oxygen atoms in total. The molecule has 0 aliphatic carbocycles. The van der Waals surface area contributed by atoms with E-state index in [2.05, 4.69) is 38.8 Å². The molecule has 0 radical (unpaired) electrons. The van der Waals surface area contributed by atoms with Gasteiger partial charge in [-0.15, -0.1) is 22.7 Å². The van der Waals surface area contributed by atoms with Crippen molar-refractivity contribution in [2.75, 3.05) is 19.8 Å². The molecular formula is C19H22N4OS2. The van der Waals surface area contributed by atoms with Crippen LogP contribution in [0.1, 0.15) is 12.0 Å².